The maximum atomic E-state index is 12.7. The summed E-state index contributed by atoms with van der Waals surface area (Å²) in [7, 11) is 0. The van der Waals surface area contributed by atoms with E-state index in [1.807, 2.05) is 56.3 Å². The molecule has 2 aromatic rings. The average Bonchev–Trinajstić information content (AvgIpc) is 2.48. The van der Waals surface area contributed by atoms with E-state index < -0.39 is 5.92 Å². The summed E-state index contributed by atoms with van der Waals surface area (Å²) in [6.07, 6.45) is 0.620. The number of amides is 1. The predicted octanol–water partition coefficient (Wildman–Crippen LogP) is 3.51. The minimum atomic E-state index is -0.404. The van der Waals surface area contributed by atoms with Crippen LogP contribution in [0.1, 0.15) is 20.3 Å². The predicted molar refractivity (Wildman–Crippen MR) is 92.5 cm³/mol. The van der Waals surface area contributed by atoms with Crippen LogP contribution in [0, 0.1) is 5.92 Å². The molecule has 0 fully saturated rings. The van der Waals surface area contributed by atoms with Crippen LogP contribution in [0.3, 0.4) is 0 Å². The van der Waals surface area contributed by atoms with Gasteiger partial charge >= 0.3 is 0 Å². The fraction of sp³-hybridized carbons (Fsp3) is 0.294. The van der Waals surface area contributed by atoms with E-state index >= 15 is 0 Å². The van der Waals surface area contributed by atoms with Crippen molar-refractivity contribution >= 4 is 39.6 Å². The first-order valence-corrected chi connectivity index (χ1v) is 7.59. The Balaban J connectivity index is 2.49. The zero-order valence-corrected chi connectivity index (χ0v) is 13.2. The first-order valence-electron chi connectivity index (χ1n) is 7.18. The molecule has 0 aromatic heterocycles. The molecule has 0 bridgehead atoms. The van der Waals surface area contributed by atoms with Gasteiger partial charge in [0.25, 0.3) is 0 Å². The Bertz CT molecular complexity index is 663. The lowest BCUT2D eigenvalue weighted by Gasteiger charge is -2.26. The van der Waals surface area contributed by atoms with E-state index in [1.54, 1.807) is 4.90 Å². The summed E-state index contributed by atoms with van der Waals surface area (Å²) in [6.45, 7) is 4.48. The Labute approximate surface area is 130 Å². The number of rotatable bonds is 5. The second-order valence-corrected chi connectivity index (χ2v) is 5.42. The summed E-state index contributed by atoms with van der Waals surface area (Å²) in [5, 5.41) is 2.18. The first kappa shape index (κ1) is 15.4. The molecule has 1 amide bonds. The van der Waals surface area contributed by atoms with Crippen molar-refractivity contribution in [2.45, 2.75) is 20.3 Å². The summed E-state index contributed by atoms with van der Waals surface area (Å²) in [6, 6.07) is 14.0. The smallest absolute Gasteiger partial charge is 0.236 e. The number of carbonyl (C=O) groups excluding carboxylic acids is 1. The van der Waals surface area contributed by atoms with E-state index in [2.05, 4.69) is 0 Å². The van der Waals surface area contributed by atoms with E-state index in [-0.39, 0.29) is 10.9 Å². The number of thiocarbonyl (C=S) groups is 1. The molecule has 0 aliphatic heterocycles. The number of hydrogen-bond donors (Lipinski definition) is 1. The number of fused-ring (bicyclic) bond motifs is 1. The Morgan fingerprint density at radius 1 is 1.19 bits per heavy atom. The van der Waals surface area contributed by atoms with Crippen molar-refractivity contribution in [3.8, 4) is 0 Å². The van der Waals surface area contributed by atoms with Crippen molar-refractivity contribution < 1.29 is 4.79 Å². The fourth-order valence-electron chi connectivity index (χ4n) is 2.57. The van der Waals surface area contributed by atoms with E-state index in [1.165, 1.54) is 0 Å². The Morgan fingerprint density at radius 3 is 2.48 bits per heavy atom. The van der Waals surface area contributed by atoms with Crippen molar-refractivity contribution in [3.63, 3.8) is 0 Å². The average molecular weight is 300 g/mol. The van der Waals surface area contributed by atoms with Gasteiger partial charge in [0.1, 0.15) is 0 Å². The number of nitrogens with two attached hydrogens (primary N) is 1. The molecule has 4 heteroatoms. The molecule has 1 atom stereocenters. The van der Waals surface area contributed by atoms with Crippen LogP contribution >= 0.6 is 12.2 Å². The second-order valence-electron chi connectivity index (χ2n) is 4.94. The Kier molecular flexibility index (Phi) is 4.91. The SMILES string of the molecule is CCC(C(=O)N(CC)c1cccc2ccccc12)C(N)=S. The quantitative estimate of drug-likeness (QED) is 0.860. The molecule has 0 saturated carbocycles. The maximum Gasteiger partial charge on any atom is 0.236 e. The van der Waals surface area contributed by atoms with E-state index in [4.69, 9.17) is 18.0 Å². The van der Waals surface area contributed by atoms with Gasteiger partial charge in [-0.2, -0.15) is 0 Å². The van der Waals surface area contributed by atoms with Gasteiger partial charge in [-0.15, -0.1) is 0 Å². The van der Waals surface area contributed by atoms with Gasteiger partial charge in [0.15, 0.2) is 0 Å². The van der Waals surface area contributed by atoms with Gasteiger partial charge in [0.05, 0.1) is 16.6 Å². The highest BCUT2D eigenvalue weighted by atomic mass is 32.1. The minimum Gasteiger partial charge on any atom is -0.393 e. The van der Waals surface area contributed by atoms with Crippen molar-refractivity contribution in [3.05, 3.63) is 42.5 Å². The van der Waals surface area contributed by atoms with Crippen LogP contribution in [0.5, 0.6) is 0 Å². The Hall–Kier alpha value is -1.94. The number of anilines is 1. The third kappa shape index (κ3) is 3.05. The molecule has 1 unspecified atom stereocenters. The molecule has 21 heavy (non-hydrogen) atoms. The normalized spacial score (nSPS) is 12.1. The first-order chi connectivity index (χ1) is 10.1. The zero-order valence-electron chi connectivity index (χ0n) is 12.4. The molecule has 0 saturated heterocycles. The van der Waals surface area contributed by atoms with Crippen LogP contribution in [0.25, 0.3) is 10.8 Å². The third-order valence-corrected chi connectivity index (χ3v) is 3.97. The monoisotopic (exact) mass is 300 g/mol. The van der Waals surface area contributed by atoms with Gasteiger partial charge in [-0.3, -0.25) is 4.79 Å². The molecule has 0 aliphatic carbocycles. The van der Waals surface area contributed by atoms with Crippen LogP contribution in [0.15, 0.2) is 42.5 Å². The standard InChI is InChI=1S/C17H20N2OS/c1-3-13(16(18)21)17(20)19(4-2)15-11-7-9-12-8-5-6-10-14(12)15/h5-11,13H,3-4H2,1-2H3,(H2,18,21). The van der Waals surface area contributed by atoms with Gasteiger partial charge in [-0.25, -0.2) is 0 Å². The van der Waals surface area contributed by atoms with Gasteiger partial charge in [-0.1, -0.05) is 55.5 Å². The molecular weight excluding hydrogens is 280 g/mol. The van der Waals surface area contributed by atoms with Crippen LogP contribution in [0.4, 0.5) is 5.69 Å². The molecule has 2 rings (SSSR count). The van der Waals surface area contributed by atoms with E-state index in [9.17, 15) is 4.79 Å². The fourth-order valence-corrected chi connectivity index (χ4v) is 2.84. The third-order valence-electron chi connectivity index (χ3n) is 3.69. The molecule has 0 spiro atoms. The van der Waals surface area contributed by atoms with Crippen LogP contribution in [-0.4, -0.2) is 17.4 Å². The molecule has 2 aromatic carbocycles. The topological polar surface area (TPSA) is 46.3 Å². The highest BCUT2D eigenvalue weighted by molar-refractivity contribution is 7.80. The van der Waals surface area contributed by atoms with Crippen molar-refractivity contribution in [1.29, 1.82) is 0 Å². The molecular formula is C17H20N2OS. The largest absolute Gasteiger partial charge is 0.393 e. The summed E-state index contributed by atoms with van der Waals surface area (Å²) < 4.78 is 0. The molecule has 0 heterocycles. The van der Waals surface area contributed by atoms with Gasteiger partial charge in [-0.05, 0) is 24.8 Å². The molecule has 110 valence electrons. The summed E-state index contributed by atoms with van der Waals surface area (Å²) in [4.78, 5) is 14.8. The van der Waals surface area contributed by atoms with Gasteiger partial charge < -0.3 is 10.6 Å². The highest BCUT2D eigenvalue weighted by Gasteiger charge is 2.26. The van der Waals surface area contributed by atoms with Crippen LogP contribution in [0.2, 0.25) is 0 Å². The number of benzene rings is 2. The summed E-state index contributed by atoms with van der Waals surface area (Å²) in [5.41, 5.74) is 6.63. The number of hydrogen-bond acceptors (Lipinski definition) is 2. The lowest BCUT2D eigenvalue weighted by Crippen LogP contribution is -2.41. The van der Waals surface area contributed by atoms with Crippen LogP contribution in [-0.2, 0) is 4.79 Å². The number of nitrogens with zero attached hydrogens (tertiary/aromatic N) is 1. The van der Waals surface area contributed by atoms with Crippen LogP contribution < -0.4 is 10.6 Å². The molecule has 0 aliphatic rings. The van der Waals surface area contributed by atoms with Crippen molar-refractivity contribution in [1.82, 2.24) is 0 Å². The lowest BCUT2D eigenvalue weighted by atomic mass is 10.0. The molecule has 3 nitrogen and oxygen atoms in total. The minimum absolute atomic E-state index is 0.0242. The van der Waals surface area contributed by atoms with Crippen molar-refractivity contribution in [2.24, 2.45) is 11.7 Å². The molecule has 2 N–H and O–H groups in total. The highest BCUT2D eigenvalue weighted by Crippen LogP contribution is 2.28. The number of carbonyl (C=O) groups is 1. The lowest BCUT2D eigenvalue weighted by molar-refractivity contribution is -0.120. The Morgan fingerprint density at radius 2 is 1.86 bits per heavy atom. The van der Waals surface area contributed by atoms with E-state index in [0.717, 1.165) is 16.5 Å². The summed E-state index contributed by atoms with van der Waals surface area (Å²) >= 11 is 5.04. The van der Waals surface area contributed by atoms with E-state index in [0.29, 0.717) is 13.0 Å². The van der Waals surface area contributed by atoms with Crippen molar-refractivity contribution in [2.75, 3.05) is 11.4 Å². The zero-order chi connectivity index (χ0) is 15.4. The van der Waals surface area contributed by atoms with Gasteiger partial charge in [0, 0.05) is 11.9 Å². The second kappa shape index (κ2) is 6.68. The summed E-state index contributed by atoms with van der Waals surface area (Å²) in [5.74, 6) is -0.428. The molecule has 0 radical (unpaired) electrons. The maximum absolute atomic E-state index is 12.7. The van der Waals surface area contributed by atoms with Gasteiger partial charge in [0.2, 0.25) is 5.91 Å².